The van der Waals surface area contributed by atoms with Crippen molar-refractivity contribution < 1.29 is 9.53 Å². The van der Waals surface area contributed by atoms with E-state index in [4.69, 9.17) is 4.74 Å². The highest BCUT2D eigenvalue weighted by Gasteiger charge is 2.39. The average molecular weight is 443 g/mol. The molecule has 2 aromatic heterocycles. The summed E-state index contributed by atoms with van der Waals surface area (Å²) >= 11 is 1.36. The number of nitrogens with one attached hydrogen (secondary N) is 1. The van der Waals surface area contributed by atoms with E-state index >= 15 is 0 Å². The summed E-state index contributed by atoms with van der Waals surface area (Å²) in [6.45, 7) is 7.28. The van der Waals surface area contributed by atoms with Gasteiger partial charge in [0, 0.05) is 31.0 Å². The Morgan fingerprint density at radius 3 is 2.58 bits per heavy atom. The number of carbonyl (C=O) groups excluding carboxylic acids is 1. The Morgan fingerprint density at radius 1 is 1.19 bits per heavy atom. The number of piperidine rings is 1. The quantitative estimate of drug-likeness (QED) is 0.761. The molecule has 0 unspecified atom stereocenters. The third-order valence-electron chi connectivity index (χ3n) is 6.87. The van der Waals surface area contributed by atoms with E-state index in [1.54, 1.807) is 0 Å². The summed E-state index contributed by atoms with van der Waals surface area (Å²) in [6.07, 6.45) is 6.67. The predicted octanol–water partition coefficient (Wildman–Crippen LogP) is 3.02. The first-order valence-corrected chi connectivity index (χ1v) is 12.1. The van der Waals surface area contributed by atoms with Crippen LogP contribution in [0.3, 0.4) is 0 Å². The van der Waals surface area contributed by atoms with E-state index in [9.17, 15) is 4.79 Å². The molecule has 9 heteroatoms. The molecule has 1 spiro atoms. The normalized spacial score (nSPS) is 23.2. The zero-order valence-electron chi connectivity index (χ0n) is 18.3. The lowest BCUT2D eigenvalue weighted by molar-refractivity contribution is -0.0700. The molecule has 1 amide bonds. The van der Waals surface area contributed by atoms with Crippen molar-refractivity contribution in [1.82, 2.24) is 24.9 Å². The van der Waals surface area contributed by atoms with Crippen LogP contribution in [0.4, 0.5) is 5.95 Å². The van der Waals surface area contributed by atoms with Gasteiger partial charge in [-0.1, -0.05) is 4.49 Å². The Balaban J connectivity index is 1.10. The second-order valence-electron chi connectivity index (χ2n) is 9.38. The van der Waals surface area contributed by atoms with Gasteiger partial charge in [0.25, 0.3) is 5.91 Å². The summed E-state index contributed by atoms with van der Waals surface area (Å²) < 4.78 is 10.2. The van der Waals surface area contributed by atoms with E-state index in [2.05, 4.69) is 29.8 Å². The number of hydrogen-bond acceptors (Lipinski definition) is 8. The first-order valence-electron chi connectivity index (χ1n) is 11.3. The number of nitrogens with zero attached hydrogens (tertiary/aromatic N) is 5. The molecule has 1 saturated carbocycles. The van der Waals surface area contributed by atoms with Gasteiger partial charge in [-0.2, -0.15) is 0 Å². The summed E-state index contributed by atoms with van der Waals surface area (Å²) in [5.41, 5.74) is 2.80. The van der Waals surface area contributed by atoms with Crippen molar-refractivity contribution >= 4 is 23.4 Å². The van der Waals surface area contributed by atoms with Gasteiger partial charge in [0.2, 0.25) is 5.95 Å². The standard InChI is InChI=1S/C22H30N6O2S/c1-14-11-15(2)25-21(24-14)28-9-7-22(8-10-28)6-5-17(30-13-22)12-23-20(29)18-19(16-3-4-16)31-27-26-18/h11,16-17H,3-10,12-13H2,1-2H3,(H,23,29)/t17-/m0/s1. The summed E-state index contributed by atoms with van der Waals surface area (Å²) in [6, 6.07) is 2.01. The maximum absolute atomic E-state index is 12.5. The Hall–Kier alpha value is -2.13. The van der Waals surface area contributed by atoms with Gasteiger partial charge in [0.15, 0.2) is 5.69 Å². The van der Waals surface area contributed by atoms with Crippen molar-refractivity contribution in [2.24, 2.45) is 5.41 Å². The molecule has 3 fully saturated rings. The smallest absolute Gasteiger partial charge is 0.273 e. The van der Waals surface area contributed by atoms with Crippen LogP contribution in [0.1, 0.15) is 71.2 Å². The number of hydrogen-bond donors (Lipinski definition) is 1. The van der Waals surface area contributed by atoms with E-state index < -0.39 is 0 Å². The van der Waals surface area contributed by atoms with Crippen LogP contribution in [-0.4, -0.2) is 57.8 Å². The van der Waals surface area contributed by atoms with Gasteiger partial charge in [-0.05, 0) is 81.3 Å². The number of rotatable bonds is 5. The van der Waals surface area contributed by atoms with Crippen molar-refractivity contribution in [2.45, 2.75) is 64.4 Å². The van der Waals surface area contributed by atoms with Crippen LogP contribution in [0.15, 0.2) is 6.07 Å². The molecular formula is C22H30N6O2S. The van der Waals surface area contributed by atoms with Gasteiger partial charge in [-0.15, -0.1) is 5.10 Å². The van der Waals surface area contributed by atoms with Crippen LogP contribution >= 0.6 is 11.5 Å². The molecular weight excluding hydrogens is 412 g/mol. The zero-order valence-corrected chi connectivity index (χ0v) is 19.1. The molecule has 2 saturated heterocycles. The Morgan fingerprint density at radius 2 is 1.94 bits per heavy atom. The van der Waals surface area contributed by atoms with Crippen LogP contribution in [-0.2, 0) is 4.74 Å². The van der Waals surface area contributed by atoms with Crippen molar-refractivity contribution in [2.75, 3.05) is 31.1 Å². The lowest BCUT2D eigenvalue weighted by Crippen LogP contribution is -2.48. The topological polar surface area (TPSA) is 93.1 Å². The number of ether oxygens (including phenoxy) is 1. The van der Waals surface area contributed by atoms with E-state index in [1.807, 2.05) is 19.9 Å². The average Bonchev–Trinajstić information content (AvgIpc) is 3.49. The number of aryl methyl sites for hydroxylation is 2. The van der Waals surface area contributed by atoms with Crippen LogP contribution in [0, 0.1) is 19.3 Å². The molecule has 166 valence electrons. The van der Waals surface area contributed by atoms with Gasteiger partial charge >= 0.3 is 0 Å². The molecule has 5 rings (SSSR count). The van der Waals surface area contributed by atoms with Crippen molar-refractivity contribution in [1.29, 1.82) is 0 Å². The van der Waals surface area contributed by atoms with Crippen LogP contribution in [0.2, 0.25) is 0 Å². The molecule has 0 radical (unpaired) electrons. The van der Waals surface area contributed by atoms with Gasteiger partial charge in [0.1, 0.15) is 0 Å². The molecule has 1 aliphatic carbocycles. The maximum Gasteiger partial charge on any atom is 0.273 e. The van der Waals surface area contributed by atoms with Crippen molar-refractivity contribution in [3.63, 3.8) is 0 Å². The highest BCUT2D eigenvalue weighted by atomic mass is 32.1. The largest absolute Gasteiger partial charge is 0.376 e. The highest BCUT2D eigenvalue weighted by molar-refractivity contribution is 7.06. The molecule has 1 N–H and O–H groups in total. The highest BCUT2D eigenvalue weighted by Crippen LogP contribution is 2.43. The van der Waals surface area contributed by atoms with Crippen molar-refractivity contribution in [3.05, 3.63) is 28.0 Å². The molecule has 4 heterocycles. The third-order valence-corrected chi connectivity index (χ3v) is 7.75. The van der Waals surface area contributed by atoms with Gasteiger partial charge in [0.05, 0.1) is 17.6 Å². The minimum absolute atomic E-state index is 0.0753. The monoisotopic (exact) mass is 442 g/mol. The molecule has 0 bridgehead atoms. The minimum atomic E-state index is -0.110. The summed E-state index contributed by atoms with van der Waals surface area (Å²) in [5, 5.41) is 7.08. The summed E-state index contributed by atoms with van der Waals surface area (Å²) in [4.78, 5) is 25.1. The fourth-order valence-electron chi connectivity index (χ4n) is 4.76. The number of anilines is 1. The fraction of sp³-hybridized carbons (Fsp3) is 0.682. The summed E-state index contributed by atoms with van der Waals surface area (Å²) in [7, 11) is 0. The Bertz CT molecular complexity index is 921. The van der Waals surface area contributed by atoms with Gasteiger partial charge in [-0.25, -0.2) is 9.97 Å². The predicted molar refractivity (Wildman–Crippen MR) is 119 cm³/mol. The van der Waals surface area contributed by atoms with Gasteiger partial charge < -0.3 is 15.0 Å². The lowest BCUT2D eigenvalue weighted by Gasteiger charge is -2.45. The second-order valence-corrected chi connectivity index (χ2v) is 10.2. The molecule has 31 heavy (non-hydrogen) atoms. The van der Waals surface area contributed by atoms with E-state index in [0.29, 0.717) is 18.2 Å². The van der Waals surface area contributed by atoms with Crippen molar-refractivity contribution in [3.8, 4) is 0 Å². The van der Waals surface area contributed by atoms with Crippen LogP contribution in [0.25, 0.3) is 0 Å². The SMILES string of the molecule is Cc1cc(C)nc(N2CCC3(CC[C@@H](CNC(=O)c4nnsc4C4CC4)OC3)CC2)n1. The number of amides is 1. The third kappa shape index (κ3) is 4.57. The van der Waals surface area contributed by atoms with E-state index in [-0.39, 0.29) is 17.4 Å². The molecule has 2 aromatic rings. The fourth-order valence-corrected chi connectivity index (χ4v) is 5.58. The molecule has 3 aliphatic rings. The molecule has 1 atom stereocenters. The molecule has 8 nitrogen and oxygen atoms in total. The number of aromatic nitrogens is 4. The first kappa shape index (κ1) is 20.8. The van der Waals surface area contributed by atoms with Gasteiger partial charge in [-0.3, -0.25) is 4.79 Å². The lowest BCUT2D eigenvalue weighted by atomic mass is 9.73. The molecule has 2 aliphatic heterocycles. The van der Waals surface area contributed by atoms with E-state index in [1.165, 1.54) is 11.5 Å². The Kier molecular flexibility index (Phi) is 5.64. The zero-order chi connectivity index (χ0) is 21.4. The second kappa shape index (κ2) is 8.43. The van der Waals surface area contributed by atoms with Crippen LogP contribution in [0.5, 0.6) is 0 Å². The van der Waals surface area contributed by atoms with E-state index in [0.717, 1.165) is 80.4 Å². The summed E-state index contributed by atoms with van der Waals surface area (Å²) in [5.74, 6) is 1.24. The Labute approximate surface area is 187 Å². The molecule has 0 aromatic carbocycles. The first-order chi connectivity index (χ1) is 15.0. The number of carbonyl (C=O) groups is 1. The van der Waals surface area contributed by atoms with Crippen LogP contribution < -0.4 is 10.2 Å². The maximum atomic E-state index is 12.5. The minimum Gasteiger partial charge on any atom is -0.376 e.